The monoisotopic (exact) mass is 556 g/mol. The second-order valence-corrected chi connectivity index (χ2v) is 8.75. The van der Waals surface area contributed by atoms with Gasteiger partial charge >= 0.3 is 5.97 Å². The van der Waals surface area contributed by atoms with Gasteiger partial charge in [0.05, 0.1) is 26.5 Å². The van der Waals surface area contributed by atoms with E-state index < -0.39 is 36.3 Å². The topological polar surface area (TPSA) is 189 Å². The number of esters is 1. The van der Waals surface area contributed by atoms with Crippen molar-refractivity contribution in [3.8, 4) is 11.5 Å². The van der Waals surface area contributed by atoms with Gasteiger partial charge in [-0.05, 0) is 47.8 Å². The highest BCUT2D eigenvalue weighted by Gasteiger charge is 2.35. The number of hydrogen-bond acceptors (Lipinski definition) is 11. The van der Waals surface area contributed by atoms with Gasteiger partial charge in [0.1, 0.15) is 17.5 Å². The van der Waals surface area contributed by atoms with E-state index in [2.05, 4.69) is 14.7 Å². The van der Waals surface area contributed by atoms with E-state index in [0.717, 1.165) is 0 Å². The molecular formula is C25H28N6O7S. The third kappa shape index (κ3) is 6.78. The number of nitrogens with two attached hydrogens (primary N) is 2. The smallest absolute Gasteiger partial charge is 0.325 e. The summed E-state index contributed by atoms with van der Waals surface area (Å²) < 4.78 is 19.5. The number of carbonyl (C=O) groups is 4. The average Bonchev–Trinajstić information content (AvgIpc) is 3.33. The Labute approximate surface area is 228 Å². The molecule has 0 fully saturated rings. The summed E-state index contributed by atoms with van der Waals surface area (Å²) in [6, 6.07) is 6.81. The van der Waals surface area contributed by atoms with Crippen molar-refractivity contribution in [1.82, 2.24) is 19.6 Å². The maximum absolute atomic E-state index is 14.0. The van der Waals surface area contributed by atoms with Crippen LogP contribution >= 0.6 is 11.5 Å². The molecule has 1 aromatic carbocycles. The molecule has 5 N–H and O–H groups in total. The van der Waals surface area contributed by atoms with E-state index in [9.17, 15) is 19.2 Å². The van der Waals surface area contributed by atoms with E-state index >= 15 is 0 Å². The van der Waals surface area contributed by atoms with Gasteiger partial charge in [0, 0.05) is 18.9 Å². The van der Waals surface area contributed by atoms with Gasteiger partial charge in [-0.15, -0.1) is 0 Å². The van der Waals surface area contributed by atoms with E-state index in [1.807, 2.05) is 0 Å². The Morgan fingerprint density at radius 3 is 2.46 bits per heavy atom. The van der Waals surface area contributed by atoms with Crippen LogP contribution in [-0.4, -0.2) is 65.3 Å². The Morgan fingerprint density at radius 1 is 1.13 bits per heavy atom. The molecule has 2 heterocycles. The summed E-state index contributed by atoms with van der Waals surface area (Å²) >= 11 is 0.681. The highest BCUT2D eigenvalue weighted by Crippen LogP contribution is 2.35. The maximum atomic E-state index is 14.0. The van der Waals surface area contributed by atoms with Crippen LogP contribution in [0.25, 0.3) is 0 Å². The Hall–Kier alpha value is -4.72. The molecule has 0 aliphatic heterocycles. The first-order valence-electron chi connectivity index (χ1n) is 11.6. The number of carbonyl (C=O) groups excluding carboxylic acids is 4. The lowest BCUT2D eigenvalue weighted by molar-refractivity contribution is -0.143. The van der Waals surface area contributed by atoms with Gasteiger partial charge in [0.2, 0.25) is 5.91 Å². The number of amides is 3. The predicted molar refractivity (Wildman–Crippen MR) is 141 cm³/mol. The van der Waals surface area contributed by atoms with Crippen LogP contribution < -0.4 is 26.3 Å². The van der Waals surface area contributed by atoms with Crippen LogP contribution in [0.1, 0.15) is 44.3 Å². The number of ether oxygens (including phenoxy) is 3. The molecule has 206 valence electrons. The lowest BCUT2D eigenvalue weighted by atomic mass is 10.0. The van der Waals surface area contributed by atoms with E-state index in [1.54, 1.807) is 43.5 Å². The zero-order valence-corrected chi connectivity index (χ0v) is 22.3. The molecule has 14 heteroatoms. The fourth-order valence-corrected chi connectivity index (χ4v) is 4.45. The van der Waals surface area contributed by atoms with Crippen molar-refractivity contribution in [2.24, 2.45) is 5.73 Å². The molecule has 0 saturated carbocycles. The molecule has 3 rings (SSSR count). The van der Waals surface area contributed by atoms with Gasteiger partial charge in [-0.2, -0.15) is 4.37 Å². The third-order valence-corrected chi connectivity index (χ3v) is 6.34. The van der Waals surface area contributed by atoms with Gasteiger partial charge in [0.25, 0.3) is 11.8 Å². The molecule has 0 bridgehead atoms. The Kier molecular flexibility index (Phi) is 9.75. The number of methoxy groups -OCH3 is 2. The molecule has 0 aliphatic rings. The van der Waals surface area contributed by atoms with Crippen molar-refractivity contribution in [1.29, 1.82) is 0 Å². The summed E-state index contributed by atoms with van der Waals surface area (Å²) in [6.45, 7) is 1.24. The van der Waals surface area contributed by atoms with Crippen LogP contribution in [0.4, 0.5) is 5.69 Å². The number of nitrogen functional groups attached to an aromatic ring is 1. The van der Waals surface area contributed by atoms with Gasteiger partial charge in [-0.3, -0.25) is 24.2 Å². The average molecular weight is 557 g/mol. The summed E-state index contributed by atoms with van der Waals surface area (Å²) in [6.07, 6.45) is 3.10. The molecule has 13 nitrogen and oxygen atoms in total. The fourth-order valence-electron chi connectivity index (χ4n) is 3.69. The fraction of sp³-hybridized carbons (Fsp3) is 0.280. The first-order valence-corrected chi connectivity index (χ1v) is 12.4. The Balaban J connectivity index is 2.15. The number of hydrogen-bond donors (Lipinski definition) is 3. The second-order valence-electron chi connectivity index (χ2n) is 7.97. The van der Waals surface area contributed by atoms with Crippen LogP contribution in [0, 0.1) is 0 Å². The van der Waals surface area contributed by atoms with Crippen molar-refractivity contribution < 1.29 is 33.4 Å². The van der Waals surface area contributed by atoms with Gasteiger partial charge in [-0.25, -0.2) is 0 Å². The molecule has 3 aromatic rings. The number of anilines is 1. The van der Waals surface area contributed by atoms with Crippen LogP contribution in [-0.2, 0) is 20.9 Å². The summed E-state index contributed by atoms with van der Waals surface area (Å²) in [5.41, 5.74) is 11.9. The minimum Gasteiger partial charge on any atom is -0.493 e. The number of aromatic nitrogens is 2. The van der Waals surface area contributed by atoms with E-state index in [0.29, 0.717) is 34.2 Å². The van der Waals surface area contributed by atoms with Crippen LogP contribution in [0.3, 0.4) is 0 Å². The predicted octanol–water partition coefficient (Wildman–Crippen LogP) is 1.30. The minimum absolute atomic E-state index is 0.0867. The molecule has 1 atom stereocenters. The van der Waals surface area contributed by atoms with Crippen LogP contribution in [0.2, 0.25) is 0 Å². The minimum atomic E-state index is -1.30. The zero-order chi connectivity index (χ0) is 28.5. The van der Waals surface area contributed by atoms with Crippen molar-refractivity contribution in [2.75, 3.05) is 33.1 Å². The maximum Gasteiger partial charge on any atom is 0.325 e. The highest BCUT2D eigenvalue weighted by atomic mass is 32.1. The van der Waals surface area contributed by atoms with Crippen LogP contribution in [0.15, 0.2) is 42.7 Å². The molecule has 0 saturated heterocycles. The lowest BCUT2D eigenvalue weighted by Gasteiger charge is -2.31. The molecule has 0 spiro atoms. The largest absolute Gasteiger partial charge is 0.493 e. The summed E-state index contributed by atoms with van der Waals surface area (Å²) in [4.78, 5) is 56.6. The molecule has 3 amide bonds. The highest BCUT2D eigenvalue weighted by molar-refractivity contribution is 7.09. The third-order valence-electron chi connectivity index (χ3n) is 5.49. The number of pyridine rings is 1. The first kappa shape index (κ1) is 28.8. The molecule has 0 unspecified atom stereocenters. The number of nitrogens with one attached hydrogen (secondary N) is 1. The number of rotatable bonds is 12. The van der Waals surface area contributed by atoms with Gasteiger partial charge in [-0.1, -0.05) is 12.1 Å². The van der Waals surface area contributed by atoms with Gasteiger partial charge in [0.15, 0.2) is 17.2 Å². The normalized spacial score (nSPS) is 11.3. The van der Waals surface area contributed by atoms with Crippen molar-refractivity contribution >= 4 is 40.9 Å². The molecular weight excluding hydrogens is 528 g/mol. The lowest BCUT2D eigenvalue weighted by Crippen LogP contribution is -2.44. The van der Waals surface area contributed by atoms with Gasteiger partial charge < -0.3 is 35.9 Å². The molecule has 0 radical (unpaired) electrons. The van der Waals surface area contributed by atoms with Crippen LogP contribution in [0.5, 0.6) is 11.5 Å². The summed E-state index contributed by atoms with van der Waals surface area (Å²) in [5, 5.41) is 2.53. The van der Waals surface area contributed by atoms with E-state index in [1.165, 1.54) is 25.3 Å². The first-order chi connectivity index (χ1) is 18.7. The molecule has 0 aliphatic carbocycles. The molecule has 2 aromatic heterocycles. The van der Waals surface area contributed by atoms with Crippen molar-refractivity contribution in [3.63, 3.8) is 0 Å². The van der Waals surface area contributed by atoms with Crippen molar-refractivity contribution in [2.45, 2.75) is 19.5 Å². The standard InChI is InChI=1S/C25H28N6O7S/c1-4-38-18(32)12-29-24(34)21(15-7-8-16(36-2)17(10-15)37-3)31(13-14-6-5-9-28-11-14)25(35)22-19(26)20(23(27)33)30-39-22/h5-11,21H,4,12-13,26H2,1-3H3,(H2,27,33)(H,29,34)/t21-/m0/s1. The Bertz CT molecular complexity index is 1350. The quantitative estimate of drug-likeness (QED) is 0.274. The second kappa shape index (κ2) is 13.2. The SMILES string of the molecule is CCOC(=O)CNC(=O)[C@H](c1ccc(OC)c(OC)c1)N(Cc1cccnc1)C(=O)c1snc(C(N)=O)c1N. The van der Waals surface area contributed by atoms with E-state index in [-0.39, 0.29) is 29.4 Å². The summed E-state index contributed by atoms with van der Waals surface area (Å²) in [7, 11) is 2.89. The number of primary amides is 1. The van der Waals surface area contributed by atoms with E-state index in [4.69, 9.17) is 25.7 Å². The zero-order valence-electron chi connectivity index (χ0n) is 21.5. The number of nitrogens with zero attached hydrogens (tertiary/aromatic N) is 3. The number of benzene rings is 1. The molecule has 39 heavy (non-hydrogen) atoms. The van der Waals surface area contributed by atoms with Crippen molar-refractivity contribution in [3.05, 3.63) is 64.4 Å². The Morgan fingerprint density at radius 2 is 1.87 bits per heavy atom. The summed E-state index contributed by atoms with van der Waals surface area (Å²) in [5.74, 6) is -2.24.